The summed E-state index contributed by atoms with van der Waals surface area (Å²) in [4.78, 5) is 0. The van der Waals surface area contributed by atoms with E-state index in [9.17, 15) is 4.39 Å². The molecule has 17 heavy (non-hydrogen) atoms. The summed E-state index contributed by atoms with van der Waals surface area (Å²) >= 11 is 0. The number of benzene rings is 1. The first-order valence-electron chi connectivity index (χ1n) is 6.33. The van der Waals surface area contributed by atoms with Crippen LogP contribution in [0.1, 0.15) is 38.3 Å². The smallest absolute Gasteiger partial charge is 0.123 e. The summed E-state index contributed by atoms with van der Waals surface area (Å²) in [6.45, 7) is 8.74. The van der Waals surface area contributed by atoms with Crippen molar-refractivity contribution in [3.63, 3.8) is 0 Å². The lowest BCUT2D eigenvalue weighted by atomic mass is 9.78. The van der Waals surface area contributed by atoms with Crippen molar-refractivity contribution >= 4 is 0 Å². The minimum atomic E-state index is -0.144. The summed E-state index contributed by atoms with van der Waals surface area (Å²) in [7, 11) is 1.98. The van der Waals surface area contributed by atoms with Crippen molar-refractivity contribution in [3.8, 4) is 0 Å². The van der Waals surface area contributed by atoms with Crippen molar-refractivity contribution in [1.82, 2.24) is 5.32 Å². The van der Waals surface area contributed by atoms with E-state index in [1.807, 2.05) is 20.0 Å². The second-order valence-corrected chi connectivity index (χ2v) is 5.46. The Bertz CT molecular complexity index is 371. The van der Waals surface area contributed by atoms with Gasteiger partial charge in [0.15, 0.2) is 0 Å². The number of halogens is 1. The fourth-order valence-corrected chi connectivity index (χ4v) is 2.10. The van der Waals surface area contributed by atoms with Crippen LogP contribution in [0.25, 0.3) is 0 Å². The highest BCUT2D eigenvalue weighted by Gasteiger charge is 2.26. The molecule has 0 aromatic heterocycles. The first kappa shape index (κ1) is 14.2. The van der Waals surface area contributed by atoms with Crippen LogP contribution in [0.2, 0.25) is 0 Å². The van der Waals surface area contributed by atoms with E-state index < -0.39 is 0 Å². The average Bonchev–Trinajstić information content (AvgIpc) is 2.30. The fourth-order valence-electron chi connectivity index (χ4n) is 2.10. The molecule has 1 rings (SSSR count). The summed E-state index contributed by atoms with van der Waals surface area (Å²) in [5, 5.41) is 3.37. The Morgan fingerprint density at radius 2 is 2.00 bits per heavy atom. The minimum Gasteiger partial charge on any atom is -0.316 e. The maximum Gasteiger partial charge on any atom is 0.123 e. The van der Waals surface area contributed by atoms with Crippen molar-refractivity contribution in [2.24, 2.45) is 5.41 Å². The molecule has 0 amide bonds. The predicted octanol–water partition coefficient (Wildman–Crippen LogP) is 3.70. The van der Waals surface area contributed by atoms with Crippen molar-refractivity contribution in [3.05, 3.63) is 35.1 Å². The van der Waals surface area contributed by atoms with Gasteiger partial charge in [0.25, 0.3) is 0 Å². The molecule has 0 saturated carbocycles. The van der Waals surface area contributed by atoms with Crippen molar-refractivity contribution in [1.29, 1.82) is 0 Å². The van der Waals surface area contributed by atoms with Crippen LogP contribution in [0.3, 0.4) is 0 Å². The first-order valence-corrected chi connectivity index (χ1v) is 6.33. The Labute approximate surface area is 104 Å². The van der Waals surface area contributed by atoms with E-state index in [0.29, 0.717) is 6.04 Å². The first-order chi connectivity index (χ1) is 7.90. The molecule has 1 atom stereocenters. The van der Waals surface area contributed by atoms with E-state index >= 15 is 0 Å². The van der Waals surface area contributed by atoms with Gasteiger partial charge in [-0.3, -0.25) is 0 Å². The van der Waals surface area contributed by atoms with E-state index in [0.717, 1.165) is 18.4 Å². The van der Waals surface area contributed by atoms with Gasteiger partial charge in [0, 0.05) is 6.04 Å². The van der Waals surface area contributed by atoms with Crippen LogP contribution in [0.4, 0.5) is 4.39 Å². The number of rotatable bonds is 5. The Kier molecular flexibility index (Phi) is 4.70. The molecule has 1 aromatic carbocycles. The van der Waals surface area contributed by atoms with Gasteiger partial charge in [0.1, 0.15) is 5.82 Å². The van der Waals surface area contributed by atoms with Gasteiger partial charge in [-0.2, -0.15) is 0 Å². The molecule has 0 bridgehead atoms. The molecular weight excluding hydrogens is 213 g/mol. The van der Waals surface area contributed by atoms with E-state index in [4.69, 9.17) is 0 Å². The Hall–Kier alpha value is -0.890. The number of hydrogen-bond donors (Lipinski definition) is 1. The zero-order valence-corrected chi connectivity index (χ0v) is 11.6. The van der Waals surface area contributed by atoms with E-state index in [1.54, 1.807) is 6.07 Å². The molecule has 2 heteroatoms. The normalized spacial score (nSPS) is 13.8. The summed E-state index contributed by atoms with van der Waals surface area (Å²) in [5.74, 6) is -0.144. The van der Waals surface area contributed by atoms with Crippen LogP contribution in [0.5, 0.6) is 0 Å². The van der Waals surface area contributed by atoms with Crippen LogP contribution in [-0.2, 0) is 6.42 Å². The van der Waals surface area contributed by atoms with Crippen LogP contribution < -0.4 is 5.32 Å². The quantitative estimate of drug-likeness (QED) is 0.823. The summed E-state index contributed by atoms with van der Waals surface area (Å²) < 4.78 is 13.3. The summed E-state index contributed by atoms with van der Waals surface area (Å²) in [6, 6.07) is 5.41. The number of likely N-dealkylation sites (N-methyl/N-ethyl adjacent to an activating group) is 1. The van der Waals surface area contributed by atoms with E-state index in [1.165, 1.54) is 11.6 Å². The fraction of sp³-hybridized carbons (Fsp3) is 0.600. The molecule has 1 nitrogen and oxygen atoms in total. The van der Waals surface area contributed by atoms with Gasteiger partial charge in [-0.15, -0.1) is 0 Å². The number of aryl methyl sites for hydroxylation is 1. The molecule has 0 aliphatic carbocycles. The second kappa shape index (κ2) is 5.63. The Morgan fingerprint density at radius 3 is 2.53 bits per heavy atom. The van der Waals surface area contributed by atoms with E-state index in [2.05, 4.69) is 26.1 Å². The van der Waals surface area contributed by atoms with Gasteiger partial charge in [-0.25, -0.2) is 4.39 Å². The molecule has 1 aromatic rings. The lowest BCUT2D eigenvalue weighted by molar-refractivity contribution is 0.240. The molecule has 0 spiro atoms. The van der Waals surface area contributed by atoms with Crippen molar-refractivity contribution < 1.29 is 4.39 Å². The third-order valence-electron chi connectivity index (χ3n) is 3.94. The number of nitrogens with one attached hydrogen (secondary N) is 1. The van der Waals surface area contributed by atoms with Gasteiger partial charge in [0.2, 0.25) is 0 Å². The van der Waals surface area contributed by atoms with Gasteiger partial charge in [0.05, 0.1) is 0 Å². The summed E-state index contributed by atoms with van der Waals surface area (Å²) in [5.41, 5.74) is 2.48. The molecular formula is C15H24FN. The van der Waals surface area contributed by atoms with Crippen LogP contribution >= 0.6 is 0 Å². The molecule has 96 valence electrons. The minimum absolute atomic E-state index is 0.144. The zero-order valence-electron chi connectivity index (χ0n) is 11.6. The molecule has 0 radical (unpaired) electrons. The van der Waals surface area contributed by atoms with Crippen molar-refractivity contribution in [2.45, 2.75) is 46.6 Å². The molecule has 0 aliphatic heterocycles. The highest BCUT2D eigenvalue weighted by atomic mass is 19.1. The monoisotopic (exact) mass is 237 g/mol. The molecule has 1 unspecified atom stereocenters. The zero-order chi connectivity index (χ0) is 13.1. The SMILES string of the molecule is CCC(C)(C)C(Cc1cc(F)ccc1C)NC. The predicted molar refractivity (Wildman–Crippen MR) is 71.8 cm³/mol. The van der Waals surface area contributed by atoms with Gasteiger partial charge >= 0.3 is 0 Å². The second-order valence-electron chi connectivity index (χ2n) is 5.46. The highest BCUT2D eigenvalue weighted by Crippen LogP contribution is 2.28. The standard InChI is InChI=1S/C15H24FN/c1-6-15(3,4)14(17-5)10-12-9-13(16)8-7-11(12)2/h7-9,14,17H,6,10H2,1-5H3. The third-order valence-corrected chi connectivity index (χ3v) is 3.94. The molecule has 0 aliphatic rings. The highest BCUT2D eigenvalue weighted by molar-refractivity contribution is 5.27. The van der Waals surface area contributed by atoms with Crippen LogP contribution in [-0.4, -0.2) is 13.1 Å². The van der Waals surface area contributed by atoms with Crippen molar-refractivity contribution in [2.75, 3.05) is 7.05 Å². The van der Waals surface area contributed by atoms with Gasteiger partial charge in [-0.1, -0.05) is 26.8 Å². The topological polar surface area (TPSA) is 12.0 Å². The molecule has 0 fully saturated rings. The van der Waals surface area contributed by atoms with Crippen LogP contribution in [0.15, 0.2) is 18.2 Å². The van der Waals surface area contributed by atoms with Gasteiger partial charge < -0.3 is 5.32 Å². The Balaban J connectivity index is 2.91. The third kappa shape index (κ3) is 3.53. The molecule has 0 saturated heterocycles. The van der Waals surface area contributed by atoms with Gasteiger partial charge in [-0.05, 0) is 55.5 Å². The largest absolute Gasteiger partial charge is 0.316 e. The van der Waals surface area contributed by atoms with Crippen LogP contribution in [0, 0.1) is 18.2 Å². The lowest BCUT2D eigenvalue weighted by Crippen LogP contribution is -2.41. The summed E-state index contributed by atoms with van der Waals surface area (Å²) in [6.07, 6.45) is 1.98. The Morgan fingerprint density at radius 1 is 1.35 bits per heavy atom. The molecule has 1 N–H and O–H groups in total. The maximum absolute atomic E-state index is 13.3. The number of hydrogen-bond acceptors (Lipinski definition) is 1. The lowest BCUT2D eigenvalue weighted by Gasteiger charge is -2.33. The average molecular weight is 237 g/mol. The maximum atomic E-state index is 13.3. The van der Waals surface area contributed by atoms with E-state index in [-0.39, 0.29) is 11.2 Å². The molecule has 0 heterocycles.